The summed E-state index contributed by atoms with van der Waals surface area (Å²) in [5, 5.41) is 0. The third kappa shape index (κ3) is 2.27. The highest BCUT2D eigenvalue weighted by atomic mass is 79.9. The SMILES string of the molecule is CC(C)(C)c1cc(F)cc(Br)n1. The van der Waals surface area contributed by atoms with E-state index in [4.69, 9.17) is 0 Å². The second-order valence-corrected chi connectivity index (χ2v) is 4.56. The van der Waals surface area contributed by atoms with Crippen LogP contribution < -0.4 is 0 Å². The lowest BCUT2D eigenvalue weighted by atomic mass is 9.92. The van der Waals surface area contributed by atoms with Gasteiger partial charge in [-0.25, -0.2) is 9.37 Å². The van der Waals surface area contributed by atoms with E-state index in [0.717, 1.165) is 5.69 Å². The molecule has 3 heteroatoms. The molecule has 0 radical (unpaired) electrons. The summed E-state index contributed by atoms with van der Waals surface area (Å²) in [4.78, 5) is 4.18. The lowest BCUT2D eigenvalue weighted by molar-refractivity contribution is 0.550. The summed E-state index contributed by atoms with van der Waals surface area (Å²) in [6, 6.07) is 2.82. The van der Waals surface area contributed by atoms with E-state index in [0.29, 0.717) is 4.60 Å². The van der Waals surface area contributed by atoms with Crippen molar-refractivity contribution in [1.29, 1.82) is 0 Å². The number of nitrogens with zero attached hydrogens (tertiary/aromatic N) is 1. The summed E-state index contributed by atoms with van der Waals surface area (Å²) in [5.41, 5.74) is 0.652. The van der Waals surface area contributed by atoms with E-state index >= 15 is 0 Å². The van der Waals surface area contributed by atoms with Crippen LogP contribution in [0, 0.1) is 5.82 Å². The molecule has 0 N–H and O–H groups in total. The first-order valence-corrected chi connectivity index (χ1v) is 4.52. The van der Waals surface area contributed by atoms with Crippen molar-refractivity contribution in [3.63, 3.8) is 0 Å². The monoisotopic (exact) mass is 231 g/mol. The molecule has 0 saturated carbocycles. The van der Waals surface area contributed by atoms with E-state index in [-0.39, 0.29) is 11.2 Å². The van der Waals surface area contributed by atoms with Crippen LogP contribution in [0.15, 0.2) is 16.7 Å². The van der Waals surface area contributed by atoms with Gasteiger partial charge < -0.3 is 0 Å². The van der Waals surface area contributed by atoms with E-state index in [1.54, 1.807) is 0 Å². The lowest BCUT2D eigenvalue weighted by Gasteiger charge is -2.17. The molecule has 0 unspecified atom stereocenters. The van der Waals surface area contributed by atoms with Crippen molar-refractivity contribution in [2.24, 2.45) is 0 Å². The minimum absolute atomic E-state index is 0.107. The Hall–Kier alpha value is -0.440. The van der Waals surface area contributed by atoms with Gasteiger partial charge in [0.1, 0.15) is 10.4 Å². The molecule has 0 atom stereocenters. The normalized spacial score (nSPS) is 11.8. The Morgan fingerprint density at radius 2 is 1.92 bits per heavy atom. The molecule has 0 aliphatic carbocycles. The summed E-state index contributed by atoms with van der Waals surface area (Å²) in [6.45, 7) is 6.00. The van der Waals surface area contributed by atoms with Crippen LogP contribution in [0.4, 0.5) is 4.39 Å². The van der Waals surface area contributed by atoms with E-state index in [1.807, 2.05) is 20.8 Å². The molecule has 0 spiro atoms. The first kappa shape index (κ1) is 9.65. The molecule has 1 aromatic rings. The van der Waals surface area contributed by atoms with Gasteiger partial charge in [0.2, 0.25) is 0 Å². The number of aromatic nitrogens is 1. The molecule has 0 aliphatic heterocycles. The maximum Gasteiger partial charge on any atom is 0.127 e. The van der Waals surface area contributed by atoms with Gasteiger partial charge in [-0.3, -0.25) is 0 Å². The van der Waals surface area contributed by atoms with Crippen LogP contribution in [-0.2, 0) is 5.41 Å². The zero-order valence-corrected chi connectivity index (χ0v) is 8.94. The second-order valence-electron chi connectivity index (χ2n) is 3.74. The Morgan fingerprint density at radius 1 is 1.33 bits per heavy atom. The molecule has 1 rings (SSSR count). The maximum absolute atomic E-state index is 12.9. The van der Waals surface area contributed by atoms with Crippen LogP contribution in [0.2, 0.25) is 0 Å². The molecule has 0 fully saturated rings. The zero-order valence-electron chi connectivity index (χ0n) is 7.36. The number of halogens is 2. The van der Waals surface area contributed by atoms with E-state index < -0.39 is 0 Å². The average molecular weight is 232 g/mol. The third-order valence-corrected chi connectivity index (χ3v) is 1.93. The van der Waals surface area contributed by atoms with Crippen LogP contribution in [-0.4, -0.2) is 4.98 Å². The van der Waals surface area contributed by atoms with Gasteiger partial charge in [-0.05, 0) is 22.0 Å². The summed E-state index contributed by atoms with van der Waals surface area (Å²) in [7, 11) is 0. The Labute approximate surface area is 80.1 Å². The highest BCUT2D eigenvalue weighted by Crippen LogP contribution is 2.22. The van der Waals surface area contributed by atoms with E-state index in [1.165, 1.54) is 12.1 Å². The Kier molecular flexibility index (Phi) is 2.52. The van der Waals surface area contributed by atoms with Crippen LogP contribution >= 0.6 is 15.9 Å². The topological polar surface area (TPSA) is 12.9 Å². The second kappa shape index (κ2) is 3.13. The largest absolute Gasteiger partial charge is 0.245 e. The standard InChI is InChI=1S/C9H11BrFN/c1-9(2,3)7-4-6(11)5-8(10)12-7/h4-5H,1-3H3. The third-order valence-electron chi connectivity index (χ3n) is 1.53. The number of hydrogen-bond donors (Lipinski definition) is 0. The van der Waals surface area contributed by atoms with Crippen molar-refractivity contribution in [3.05, 3.63) is 28.2 Å². The molecule has 1 aromatic heterocycles. The van der Waals surface area contributed by atoms with Gasteiger partial charge in [0.05, 0.1) is 0 Å². The number of rotatable bonds is 0. The fourth-order valence-corrected chi connectivity index (χ4v) is 1.26. The number of pyridine rings is 1. The van der Waals surface area contributed by atoms with Gasteiger partial charge in [-0.1, -0.05) is 20.8 Å². The van der Waals surface area contributed by atoms with Crippen molar-refractivity contribution in [3.8, 4) is 0 Å². The van der Waals surface area contributed by atoms with Crippen LogP contribution in [0.25, 0.3) is 0 Å². The molecule has 1 nitrogen and oxygen atoms in total. The van der Waals surface area contributed by atoms with Gasteiger partial charge >= 0.3 is 0 Å². The quantitative estimate of drug-likeness (QED) is 0.625. The van der Waals surface area contributed by atoms with Gasteiger partial charge in [0.25, 0.3) is 0 Å². The fourth-order valence-electron chi connectivity index (χ4n) is 0.850. The van der Waals surface area contributed by atoms with Crippen molar-refractivity contribution < 1.29 is 4.39 Å². The van der Waals surface area contributed by atoms with Crippen molar-refractivity contribution in [1.82, 2.24) is 4.98 Å². The fraction of sp³-hybridized carbons (Fsp3) is 0.444. The highest BCUT2D eigenvalue weighted by Gasteiger charge is 2.16. The summed E-state index contributed by atoms with van der Waals surface area (Å²) >= 11 is 3.15. The predicted molar refractivity (Wildman–Crippen MR) is 50.6 cm³/mol. The molecule has 0 aliphatic rings. The predicted octanol–water partition coefficient (Wildman–Crippen LogP) is 3.28. The maximum atomic E-state index is 12.9. The van der Waals surface area contributed by atoms with Gasteiger partial charge in [0.15, 0.2) is 0 Å². The van der Waals surface area contributed by atoms with Crippen LogP contribution in [0.3, 0.4) is 0 Å². The molecular formula is C9H11BrFN. The van der Waals surface area contributed by atoms with E-state index in [2.05, 4.69) is 20.9 Å². The van der Waals surface area contributed by atoms with Crippen molar-refractivity contribution in [2.75, 3.05) is 0 Å². The van der Waals surface area contributed by atoms with Crippen LogP contribution in [0.5, 0.6) is 0 Å². The summed E-state index contributed by atoms with van der Waals surface area (Å²) in [6.07, 6.45) is 0. The Bertz CT molecular complexity index is 271. The molecule has 12 heavy (non-hydrogen) atoms. The van der Waals surface area contributed by atoms with Gasteiger partial charge in [-0.2, -0.15) is 0 Å². The molecule has 0 amide bonds. The van der Waals surface area contributed by atoms with Crippen LogP contribution in [0.1, 0.15) is 26.5 Å². The Morgan fingerprint density at radius 3 is 2.33 bits per heavy atom. The van der Waals surface area contributed by atoms with Gasteiger partial charge in [-0.15, -0.1) is 0 Å². The van der Waals surface area contributed by atoms with Crippen molar-refractivity contribution in [2.45, 2.75) is 26.2 Å². The number of hydrogen-bond acceptors (Lipinski definition) is 1. The Balaban J connectivity index is 3.18. The first-order valence-electron chi connectivity index (χ1n) is 3.73. The first-order chi connectivity index (χ1) is 5.39. The highest BCUT2D eigenvalue weighted by molar-refractivity contribution is 9.10. The molecule has 0 aromatic carbocycles. The van der Waals surface area contributed by atoms with Crippen molar-refractivity contribution >= 4 is 15.9 Å². The molecular weight excluding hydrogens is 221 g/mol. The smallest absolute Gasteiger partial charge is 0.127 e. The average Bonchev–Trinajstić information content (AvgIpc) is 1.82. The molecule has 1 heterocycles. The minimum Gasteiger partial charge on any atom is -0.245 e. The molecule has 0 bridgehead atoms. The van der Waals surface area contributed by atoms with E-state index in [9.17, 15) is 4.39 Å². The molecule has 66 valence electrons. The minimum atomic E-state index is -0.248. The van der Waals surface area contributed by atoms with Gasteiger partial charge in [0, 0.05) is 17.2 Å². The summed E-state index contributed by atoms with van der Waals surface area (Å²) in [5.74, 6) is -0.248. The molecule has 0 saturated heterocycles. The summed E-state index contributed by atoms with van der Waals surface area (Å²) < 4.78 is 13.4. The lowest BCUT2D eigenvalue weighted by Crippen LogP contribution is -2.13. The zero-order chi connectivity index (χ0) is 9.35.